The number of hydrogen-bond acceptors (Lipinski definition) is 3. The summed E-state index contributed by atoms with van der Waals surface area (Å²) in [6, 6.07) is 7.71. The molecule has 3 rings (SSSR count). The van der Waals surface area contributed by atoms with Gasteiger partial charge in [-0.2, -0.15) is 0 Å². The Kier molecular flexibility index (Phi) is 5.28. The van der Waals surface area contributed by atoms with Crippen molar-refractivity contribution in [3.8, 4) is 0 Å². The van der Waals surface area contributed by atoms with E-state index in [1.165, 1.54) is 0 Å². The first-order valence-electron chi connectivity index (χ1n) is 8.97. The smallest absolute Gasteiger partial charge is 0.261 e. The lowest BCUT2D eigenvalue weighted by Gasteiger charge is -2.13. The molecule has 1 aromatic heterocycles. The maximum Gasteiger partial charge on any atom is 0.261 e. The van der Waals surface area contributed by atoms with Crippen LogP contribution in [-0.4, -0.2) is 22.0 Å². The second kappa shape index (κ2) is 7.60. The first kappa shape index (κ1) is 16.7. The number of para-hydroxylation sites is 1. The van der Waals surface area contributed by atoms with Crippen LogP contribution < -0.4 is 10.9 Å². The summed E-state index contributed by atoms with van der Waals surface area (Å²) in [6.07, 6.45) is 6.23. The van der Waals surface area contributed by atoms with Crippen molar-refractivity contribution in [2.75, 3.05) is 6.54 Å². The number of nitrogens with one attached hydrogen (secondary N) is 1. The Morgan fingerprint density at radius 3 is 2.83 bits per heavy atom. The molecule has 1 saturated carbocycles. The molecule has 1 amide bonds. The van der Waals surface area contributed by atoms with Gasteiger partial charge in [0.05, 0.1) is 10.9 Å². The fourth-order valence-corrected chi connectivity index (χ4v) is 2.99. The molecule has 0 radical (unpaired) electrons. The van der Waals surface area contributed by atoms with Gasteiger partial charge < -0.3 is 5.32 Å². The number of carbonyl (C=O) groups is 1. The monoisotopic (exact) mass is 327 g/mol. The minimum Gasteiger partial charge on any atom is -0.356 e. The molecule has 0 spiro atoms. The highest BCUT2D eigenvalue weighted by Crippen LogP contribution is 2.34. The third-order valence-corrected chi connectivity index (χ3v) is 4.47. The molecule has 5 heteroatoms. The molecular formula is C19H25N3O2. The molecule has 0 saturated heterocycles. The normalized spacial score (nSPS) is 14.0. The molecule has 1 N–H and O–H groups in total. The average molecular weight is 327 g/mol. The van der Waals surface area contributed by atoms with Gasteiger partial charge in [-0.25, -0.2) is 4.98 Å². The van der Waals surface area contributed by atoms with E-state index in [0.29, 0.717) is 18.2 Å². The van der Waals surface area contributed by atoms with Crippen molar-refractivity contribution in [2.24, 2.45) is 0 Å². The van der Waals surface area contributed by atoms with Gasteiger partial charge in [0.25, 0.3) is 5.56 Å². The number of aromatic nitrogens is 2. The molecule has 0 unspecified atom stereocenters. The van der Waals surface area contributed by atoms with Crippen LogP contribution in [0.1, 0.15) is 57.3 Å². The topological polar surface area (TPSA) is 64.0 Å². The zero-order chi connectivity index (χ0) is 16.9. The highest BCUT2D eigenvalue weighted by molar-refractivity contribution is 5.78. The van der Waals surface area contributed by atoms with Crippen molar-refractivity contribution < 1.29 is 4.79 Å². The molecule has 24 heavy (non-hydrogen) atoms. The van der Waals surface area contributed by atoms with E-state index in [4.69, 9.17) is 0 Å². The van der Waals surface area contributed by atoms with Gasteiger partial charge in [-0.3, -0.25) is 14.2 Å². The zero-order valence-corrected chi connectivity index (χ0v) is 14.3. The lowest BCUT2D eigenvalue weighted by molar-refractivity contribution is -0.121. The predicted octanol–water partition coefficient (Wildman–Crippen LogP) is 2.97. The molecule has 0 bridgehead atoms. The Labute approximate surface area is 142 Å². The van der Waals surface area contributed by atoms with E-state index in [1.54, 1.807) is 0 Å². The molecule has 1 aliphatic carbocycles. The van der Waals surface area contributed by atoms with Gasteiger partial charge in [0, 0.05) is 25.4 Å². The number of carbonyl (C=O) groups excluding carboxylic acids is 1. The Morgan fingerprint density at radius 1 is 1.29 bits per heavy atom. The minimum absolute atomic E-state index is 0.0291. The second-order valence-electron chi connectivity index (χ2n) is 6.51. The number of hydrogen-bond donors (Lipinski definition) is 1. The van der Waals surface area contributed by atoms with Crippen molar-refractivity contribution >= 4 is 16.8 Å². The van der Waals surface area contributed by atoms with E-state index in [2.05, 4.69) is 17.2 Å². The Hall–Kier alpha value is -2.17. The first-order valence-corrected chi connectivity index (χ1v) is 8.97. The van der Waals surface area contributed by atoms with Crippen LogP contribution in [0.5, 0.6) is 0 Å². The fourth-order valence-electron chi connectivity index (χ4n) is 2.99. The minimum atomic E-state index is 0.0291. The van der Waals surface area contributed by atoms with E-state index >= 15 is 0 Å². The molecule has 1 heterocycles. The molecule has 5 nitrogen and oxygen atoms in total. The van der Waals surface area contributed by atoms with Crippen molar-refractivity contribution in [1.82, 2.24) is 14.9 Å². The van der Waals surface area contributed by atoms with Crippen LogP contribution in [0.15, 0.2) is 29.1 Å². The number of aryl methyl sites for hydroxylation is 1. The SMILES string of the molecule is CCCCCNC(=O)CCc1nc2ccccc2c(=O)n1C1CC1. The highest BCUT2D eigenvalue weighted by Gasteiger charge is 2.28. The Morgan fingerprint density at radius 2 is 2.08 bits per heavy atom. The van der Waals surface area contributed by atoms with Crippen LogP contribution in [0.2, 0.25) is 0 Å². The summed E-state index contributed by atoms with van der Waals surface area (Å²) in [5, 5.41) is 3.61. The molecule has 0 aliphatic heterocycles. The maximum atomic E-state index is 12.7. The molecule has 128 valence electrons. The number of unbranched alkanes of at least 4 members (excludes halogenated alkanes) is 2. The zero-order valence-electron chi connectivity index (χ0n) is 14.3. The lowest BCUT2D eigenvalue weighted by Crippen LogP contribution is -2.28. The summed E-state index contributed by atoms with van der Waals surface area (Å²) >= 11 is 0. The fraction of sp³-hybridized carbons (Fsp3) is 0.526. The second-order valence-corrected chi connectivity index (χ2v) is 6.51. The van der Waals surface area contributed by atoms with Crippen LogP contribution in [0.25, 0.3) is 10.9 Å². The largest absolute Gasteiger partial charge is 0.356 e. The number of fused-ring (bicyclic) bond motifs is 1. The van der Waals surface area contributed by atoms with Gasteiger partial charge in [-0.1, -0.05) is 31.9 Å². The van der Waals surface area contributed by atoms with Gasteiger partial charge in [-0.15, -0.1) is 0 Å². The summed E-state index contributed by atoms with van der Waals surface area (Å²) < 4.78 is 1.81. The average Bonchev–Trinajstić information content (AvgIpc) is 3.42. The maximum absolute atomic E-state index is 12.7. The molecule has 0 atom stereocenters. The first-order chi connectivity index (χ1) is 11.7. The van der Waals surface area contributed by atoms with Gasteiger partial charge >= 0.3 is 0 Å². The number of nitrogens with zero attached hydrogens (tertiary/aromatic N) is 2. The van der Waals surface area contributed by atoms with Crippen LogP contribution in [0.3, 0.4) is 0 Å². The molecule has 1 aliphatic rings. The van der Waals surface area contributed by atoms with Crippen molar-refractivity contribution in [3.63, 3.8) is 0 Å². The number of rotatable bonds is 8. The van der Waals surface area contributed by atoms with Gasteiger partial charge in [-0.05, 0) is 31.4 Å². The Bertz CT molecular complexity index is 778. The van der Waals surface area contributed by atoms with E-state index in [1.807, 2.05) is 28.8 Å². The predicted molar refractivity (Wildman–Crippen MR) is 95.1 cm³/mol. The van der Waals surface area contributed by atoms with E-state index in [0.717, 1.165) is 50.0 Å². The summed E-state index contributed by atoms with van der Waals surface area (Å²) in [5.41, 5.74) is 0.749. The van der Waals surface area contributed by atoms with Crippen molar-refractivity contribution in [1.29, 1.82) is 0 Å². The standard InChI is InChI=1S/C19H25N3O2/c1-2-3-6-13-20-18(23)12-11-17-21-16-8-5-4-7-15(16)19(24)22(17)14-9-10-14/h4-5,7-8,14H,2-3,6,9-13H2,1H3,(H,20,23). The van der Waals surface area contributed by atoms with Crippen molar-refractivity contribution in [3.05, 3.63) is 40.4 Å². The number of amides is 1. The van der Waals surface area contributed by atoms with E-state index in [9.17, 15) is 9.59 Å². The highest BCUT2D eigenvalue weighted by atomic mass is 16.1. The van der Waals surface area contributed by atoms with Crippen molar-refractivity contribution in [2.45, 2.75) is 57.9 Å². The lowest BCUT2D eigenvalue weighted by atomic mass is 10.2. The molecule has 2 aromatic rings. The summed E-state index contributed by atoms with van der Waals surface area (Å²) in [6.45, 7) is 2.87. The van der Waals surface area contributed by atoms with Crippen LogP contribution >= 0.6 is 0 Å². The third-order valence-electron chi connectivity index (χ3n) is 4.47. The Balaban J connectivity index is 1.73. The van der Waals surface area contributed by atoms with Gasteiger partial charge in [0.15, 0.2) is 0 Å². The van der Waals surface area contributed by atoms with Gasteiger partial charge in [0.1, 0.15) is 5.82 Å². The summed E-state index contributed by atoms with van der Waals surface area (Å²) in [4.78, 5) is 29.4. The van der Waals surface area contributed by atoms with Gasteiger partial charge in [0.2, 0.25) is 5.91 Å². The molecular weight excluding hydrogens is 302 g/mol. The number of benzene rings is 1. The van der Waals surface area contributed by atoms with Crippen LogP contribution in [0, 0.1) is 0 Å². The summed E-state index contributed by atoms with van der Waals surface area (Å²) in [7, 11) is 0. The van der Waals surface area contributed by atoms with E-state index in [-0.39, 0.29) is 17.5 Å². The molecule has 1 fully saturated rings. The van der Waals surface area contributed by atoms with E-state index < -0.39 is 0 Å². The molecule has 1 aromatic carbocycles. The summed E-state index contributed by atoms with van der Waals surface area (Å²) in [5.74, 6) is 0.778. The van der Waals surface area contributed by atoms with Crippen LogP contribution in [0.4, 0.5) is 0 Å². The van der Waals surface area contributed by atoms with Crippen LogP contribution in [-0.2, 0) is 11.2 Å². The quantitative estimate of drug-likeness (QED) is 0.758. The third kappa shape index (κ3) is 3.83.